The largest absolute Gasteiger partial charge is 0.343 e. The Labute approximate surface area is 89.1 Å². The van der Waals surface area contributed by atoms with Crippen LogP contribution in [0.4, 0.5) is 0 Å². The maximum Gasteiger partial charge on any atom is 0.0669 e. The minimum absolute atomic E-state index is 0.646. The molecule has 1 aliphatic rings. The second kappa shape index (κ2) is 3.66. The van der Waals surface area contributed by atoms with Gasteiger partial charge in [-0.05, 0) is 38.1 Å². The SMILES string of the molecule is c1cc2ccn(C3CCNCC3)c2cn1. The van der Waals surface area contributed by atoms with Gasteiger partial charge in [-0.2, -0.15) is 0 Å². The average molecular weight is 201 g/mol. The highest BCUT2D eigenvalue weighted by Crippen LogP contribution is 2.24. The van der Waals surface area contributed by atoms with Crippen LogP contribution in [0.1, 0.15) is 18.9 Å². The van der Waals surface area contributed by atoms with Gasteiger partial charge in [0, 0.05) is 23.8 Å². The lowest BCUT2D eigenvalue weighted by Crippen LogP contribution is -2.29. The van der Waals surface area contributed by atoms with Crippen molar-refractivity contribution >= 4 is 10.9 Å². The van der Waals surface area contributed by atoms with Gasteiger partial charge in [-0.15, -0.1) is 0 Å². The van der Waals surface area contributed by atoms with Crippen molar-refractivity contribution in [1.29, 1.82) is 0 Å². The number of aromatic nitrogens is 2. The normalized spacial score (nSPS) is 18.4. The molecule has 3 rings (SSSR count). The number of pyridine rings is 1. The smallest absolute Gasteiger partial charge is 0.0669 e. The highest BCUT2D eigenvalue weighted by atomic mass is 15.0. The Hall–Kier alpha value is -1.35. The molecule has 0 bridgehead atoms. The molecule has 0 atom stereocenters. The highest BCUT2D eigenvalue weighted by Gasteiger charge is 2.15. The molecule has 0 amide bonds. The molecule has 0 saturated carbocycles. The van der Waals surface area contributed by atoms with E-state index >= 15 is 0 Å². The van der Waals surface area contributed by atoms with E-state index in [-0.39, 0.29) is 0 Å². The van der Waals surface area contributed by atoms with Crippen molar-refractivity contribution in [2.45, 2.75) is 18.9 Å². The summed E-state index contributed by atoms with van der Waals surface area (Å²) >= 11 is 0. The first-order chi connectivity index (χ1) is 7.45. The highest BCUT2D eigenvalue weighted by molar-refractivity contribution is 5.79. The van der Waals surface area contributed by atoms with Crippen LogP contribution in [0.2, 0.25) is 0 Å². The molecule has 2 aromatic heterocycles. The van der Waals surface area contributed by atoms with Crippen molar-refractivity contribution in [2.75, 3.05) is 13.1 Å². The molecule has 1 fully saturated rings. The number of hydrogen-bond acceptors (Lipinski definition) is 2. The monoisotopic (exact) mass is 201 g/mol. The van der Waals surface area contributed by atoms with Gasteiger partial charge < -0.3 is 9.88 Å². The number of nitrogens with one attached hydrogen (secondary N) is 1. The molecule has 1 saturated heterocycles. The fourth-order valence-electron chi connectivity index (χ4n) is 2.40. The van der Waals surface area contributed by atoms with Crippen molar-refractivity contribution in [3.05, 3.63) is 30.7 Å². The lowest BCUT2D eigenvalue weighted by atomic mass is 10.1. The van der Waals surface area contributed by atoms with E-state index in [4.69, 9.17) is 0 Å². The van der Waals surface area contributed by atoms with Gasteiger partial charge in [0.1, 0.15) is 0 Å². The molecular weight excluding hydrogens is 186 g/mol. The summed E-state index contributed by atoms with van der Waals surface area (Å²) in [5, 5.41) is 4.69. The quantitative estimate of drug-likeness (QED) is 0.764. The number of nitrogens with zero attached hydrogens (tertiary/aromatic N) is 2. The van der Waals surface area contributed by atoms with E-state index in [9.17, 15) is 0 Å². The molecule has 3 nitrogen and oxygen atoms in total. The third-order valence-electron chi connectivity index (χ3n) is 3.23. The third kappa shape index (κ3) is 1.53. The minimum Gasteiger partial charge on any atom is -0.343 e. The first kappa shape index (κ1) is 8.92. The summed E-state index contributed by atoms with van der Waals surface area (Å²) in [6.45, 7) is 2.26. The van der Waals surface area contributed by atoms with Crippen LogP contribution in [-0.4, -0.2) is 22.6 Å². The fraction of sp³-hybridized carbons (Fsp3) is 0.417. The molecule has 0 spiro atoms. The summed E-state index contributed by atoms with van der Waals surface area (Å²) in [4.78, 5) is 4.20. The molecule has 0 aliphatic carbocycles. The van der Waals surface area contributed by atoms with Gasteiger partial charge in [-0.3, -0.25) is 4.98 Å². The molecule has 78 valence electrons. The predicted octanol–water partition coefficient (Wildman–Crippen LogP) is 1.96. The fourth-order valence-corrected chi connectivity index (χ4v) is 2.40. The van der Waals surface area contributed by atoms with Gasteiger partial charge in [-0.25, -0.2) is 0 Å². The van der Waals surface area contributed by atoms with Crippen molar-refractivity contribution in [1.82, 2.24) is 14.9 Å². The summed E-state index contributed by atoms with van der Waals surface area (Å²) < 4.78 is 2.38. The van der Waals surface area contributed by atoms with Crippen LogP contribution in [0, 0.1) is 0 Å². The zero-order valence-corrected chi connectivity index (χ0v) is 8.69. The Morgan fingerprint density at radius 2 is 2.13 bits per heavy atom. The van der Waals surface area contributed by atoms with Crippen LogP contribution in [0.25, 0.3) is 10.9 Å². The zero-order valence-electron chi connectivity index (χ0n) is 8.69. The van der Waals surface area contributed by atoms with Crippen molar-refractivity contribution < 1.29 is 0 Å². The number of fused-ring (bicyclic) bond motifs is 1. The molecule has 1 N–H and O–H groups in total. The van der Waals surface area contributed by atoms with E-state index in [1.165, 1.54) is 23.7 Å². The summed E-state index contributed by atoms with van der Waals surface area (Å²) in [6, 6.07) is 4.90. The molecule has 15 heavy (non-hydrogen) atoms. The minimum atomic E-state index is 0.646. The summed E-state index contributed by atoms with van der Waals surface area (Å²) in [7, 11) is 0. The van der Waals surface area contributed by atoms with E-state index in [1.54, 1.807) is 0 Å². The van der Waals surface area contributed by atoms with Gasteiger partial charge in [-0.1, -0.05) is 0 Å². The Kier molecular flexibility index (Phi) is 2.18. The van der Waals surface area contributed by atoms with Crippen LogP contribution >= 0.6 is 0 Å². The molecule has 0 radical (unpaired) electrons. The van der Waals surface area contributed by atoms with Crippen molar-refractivity contribution in [3.63, 3.8) is 0 Å². The molecule has 3 heteroatoms. The lowest BCUT2D eigenvalue weighted by molar-refractivity contribution is 0.376. The topological polar surface area (TPSA) is 29.9 Å². The summed E-state index contributed by atoms with van der Waals surface area (Å²) in [5.41, 5.74) is 1.27. The van der Waals surface area contributed by atoms with Gasteiger partial charge in [0.05, 0.1) is 11.7 Å². The van der Waals surface area contributed by atoms with Crippen LogP contribution in [-0.2, 0) is 0 Å². The van der Waals surface area contributed by atoms with Gasteiger partial charge >= 0.3 is 0 Å². The maximum absolute atomic E-state index is 4.20. The average Bonchev–Trinajstić information content (AvgIpc) is 2.74. The zero-order chi connectivity index (χ0) is 10.1. The summed E-state index contributed by atoms with van der Waals surface area (Å²) in [5.74, 6) is 0. The Balaban J connectivity index is 2.02. The predicted molar refractivity (Wildman–Crippen MR) is 60.9 cm³/mol. The van der Waals surface area contributed by atoms with Crippen LogP contribution in [0.5, 0.6) is 0 Å². The van der Waals surface area contributed by atoms with E-state index in [2.05, 4.69) is 33.2 Å². The standard InChI is InChI=1S/C12H15N3/c1-5-14-9-12-10(1)4-8-15(12)11-2-6-13-7-3-11/h1,4-5,8-9,11,13H,2-3,6-7H2. The lowest BCUT2D eigenvalue weighted by Gasteiger charge is -2.24. The first-order valence-corrected chi connectivity index (χ1v) is 5.56. The number of piperidine rings is 1. The molecule has 3 heterocycles. The molecule has 0 unspecified atom stereocenters. The van der Waals surface area contributed by atoms with E-state index < -0.39 is 0 Å². The molecular formula is C12H15N3. The number of hydrogen-bond donors (Lipinski definition) is 1. The molecule has 1 aliphatic heterocycles. The van der Waals surface area contributed by atoms with Crippen LogP contribution in [0.15, 0.2) is 30.7 Å². The summed E-state index contributed by atoms with van der Waals surface area (Å²) in [6.07, 6.45) is 8.46. The first-order valence-electron chi connectivity index (χ1n) is 5.56. The number of rotatable bonds is 1. The molecule has 2 aromatic rings. The Morgan fingerprint density at radius 1 is 1.27 bits per heavy atom. The van der Waals surface area contributed by atoms with Crippen molar-refractivity contribution in [3.8, 4) is 0 Å². The van der Waals surface area contributed by atoms with Crippen molar-refractivity contribution in [2.24, 2.45) is 0 Å². The van der Waals surface area contributed by atoms with Crippen LogP contribution in [0.3, 0.4) is 0 Å². The second-order valence-electron chi connectivity index (χ2n) is 4.14. The van der Waals surface area contributed by atoms with Gasteiger partial charge in [0.25, 0.3) is 0 Å². The molecule has 0 aromatic carbocycles. The maximum atomic E-state index is 4.20. The second-order valence-corrected chi connectivity index (χ2v) is 4.14. The van der Waals surface area contributed by atoms with Gasteiger partial charge in [0.2, 0.25) is 0 Å². The van der Waals surface area contributed by atoms with Crippen LogP contribution < -0.4 is 5.32 Å². The van der Waals surface area contributed by atoms with Gasteiger partial charge in [0.15, 0.2) is 0 Å². The third-order valence-corrected chi connectivity index (χ3v) is 3.23. The Bertz CT molecular complexity index is 455. The van der Waals surface area contributed by atoms with E-state index in [0.29, 0.717) is 6.04 Å². The van der Waals surface area contributed by atoms with E-state index in [1.807, 2.05) is 12.4 Å². The Morgan fingerprint density at radius 3 is 3.00 bits per heavy atom. The van der Waals surface area contributed by atoms with E-state index in [0.717, 1.165) is 13.1 Å².